The fourth-order valence-electron chi connectivity index (χ4n) is 5.03. The Labute approximate surface area is 190 Å². The lowest BCUT2D eigenvalue weighted by Gasteiger charge is -2.16. The first-order chi connectivity index (χ1) is 15.6. The first-order valence-electron chi connectivity index (χ1n) is 11.8. The van der Waals surface area contributed by atoms with Crippen molar-refractivity contribution < 1.29 is 9.84 Å². The van der Waals surface area contributed by atoms with Crippen LogP contribution in [0, 0.1) is 6.92 Å². The summed E-state index contributed by atoms with van der Waals surface area (Å²) in [5.41, 5.74) is 4.79. The molecule has 1 heterocycles. The highest BCUT2D eigenvalue weighted by atomic mass is 16.5. The summed E-state index contributed by atoms with van der Waals surface area (Å²) in [5.74, 6) is 1.23. The van der Waals surface area contributed by atoms with Crippen LogP contribution in [-0.4, -0.2) is 36.2 Å². The molecule has 0 atom stereocenters. The summed E-state index contributed by atoms with van der Waals surface area (Å²) < 4.78 is 6.01. The van der Waals surface area contributed by atoms with Gasteiger partial charge in [-0.25, -0.2) is 0 Å². The van der Waals surface area contributed by atoms with Crippen LogP contribution in [-0.2, 0) is 6.42 Å². The number of hydrogen-bond donors (Lipinski definition) is 1. The Hall–Kier alpha value is -3.04. The Kier molecular flexibility index (Phi) is 5.75. The fraction of sp³-hybridized carbons (Fsp3) is 0.310. The first-order valence-corrected chi connectivity index (χ1v) is 11.8. The molecule has 0 radical (unpaired) electrons. The number of aryl methyl sites for hydroxylation is 2. The van der Waals surface area contributed by atoms with Gasteiger partial charge in [0.1, 0.15) is 18.1 Å². The summed E-state index contributed by atoms with van der Waals surface area (Å²) in [7, 11) is 0. The summed E-state index contributed by atoms with van der Waals surface area (Å²) in [4.78, 5) is 2.47. The SMILES string of the molecule is CCc1ccc2c(c1)c(-c1ccc(OCCN3CCCC3)cc1)cc1cc(O)cc(C)c12. The quantitative estimate of drug-likeness (QED) is 0.348. The second kappa shape index (κ2) is 8.84. The van der Waals surface area contributed by atoms with Crippen LogP contribution in [0.5, 0.6) is 11.5 Å². The zero-order valence-electron chi connectivity index (χ0n) is 19.0. The van der Waals surface area contributed by atoms with Gasteiger partial charge in [0.15, 0.2) is 0 Å². The molecule has 0 amide bonds. The topological polar surface area (TPSA) is 32.7 Å². The summed E-state index contributed by atoms with van der Waals surface area (Å²) in [5, 5.41) is 15.0. The predicted molar refractivity (Wildman–Crippen MR) is 134 cm³/mol. The highest BCUT2D eigenvalue weighted by molar-refractivity contribution is 6.15. The maximum absolute atomic E-state index is 10.2. The van der Waals surface area contributed by atoms with Gasteiger partial charge >= 0.3 is 0 Å². The van der Waals surface area contributed by atoms with E-state index in [0.717, 1.165) is 41.8 Å². The number of aromatic hydroxyl groups is 1. The van der Waals surface area contributed by atoms with Crippen molar-refractivity contribution in [3.05, 3.63) is 71.8 Å². The molecule has 3 nitrogen and oxygen atoms in total. The molecule has 0 saturated carbocycles. The standard InChI is InChI=1S/C29H31NO2/c1-3-21-6-11-26-28(17-21)27(19-23-18-24(31)16-20(2)29(23)26)22-7-9-25(10-8-22)32-15-14-30-12-4-5-13-30/h6-11,16-19,31H,3-5,12-15H2,1-2H3. The lowest BCUT2D eigenvalue weighted by molar-refractivity contribution is 0.238. The van der Waals surface area contributed by atoms with Crippen molar-refractivity contribution in [3.63, 3.8) is 0 Å². The molecule has 1 N–H and O–H groups in total. The van der Waals surface area contributed by atoms with Crippen molar-refractivity contribution >= 4 is 21.5 Å². The molecule has 0 aromatic heterocycles. The van der Waals surface area contributed by atoms with Gasteiger partial charge < -0.3 is 9.84 Å². The van der Waals surface area contributed by atoms with Gasteiger partial charge in [0, 0.05) is 6.54 Å². The van der Waals surface area contributed by atoms with Crippen LogP contribution in [0.25, 0.3) is 32.7 Å². The second-order valence-corrected chi connectivity index (χ2v) is 8.94. The van der Waals surface area contributed by atoms with E-state index in [-0.39, 0.29) is 0 Å². The minimum atomic E-state index is 0.312. The third kappa shape index (κ3) is 4.05. The van der Waals surface area contributed by atoms with Gasteiger partial charge in [0.05, 0.1) is 0 Å². The van der Waals surface area contributed by atoms with Crippen LogP contribution in [0.4, 0.5) is 0 Å². The summed E-state index contributed by atoms with van der Waals surface area (Å²) in [6, 6.07) is 21.2. The van der Waals surface area contributed by atoms with Crippen LogP contribution < -0.4 is 4.74 Å². The van der Waals surface area contributed by atoms with E-state index in [2.05, 4.69) is 67.3 Å². The van der Waals surface area contributed by atoms with Crippen LogP contribution in [0.15, 0.2) is 60.7 Å². The Morgan fingerprint density at radius 1 is 0.906 bits per heavy atom. The number of phenols is 1. The molecule has 0 unspecified atom stereocenters. The smallest absolute Gasteiger partial charge is 0.119 e. The van der Waals surface area contributed by atoms with Crippen LogP contribution in [0.1, 0.15) is 30.9 Å². The summed E-state index contributed by atoms with van der Waals surface area (Å²) >= 11 is 0. The Balaban J connectivity index is 1.51. The highest BCUT2D eigenvalue weighted by Gasteiger charge is 2.13. The average Bonchev–Trinajstić information content (AvgIpc) is 3.32. The summed E-state index contributed by atoms with van der Waals surface area (Å²) in [6.45, 7) is 8.40. The van der Waals surface area contributed by atoms with E-state index < -0.39 is 0 Å². The largest absolute Gasteiger partial charge is 0.508 e. The lowest BCUT2D eigenvalue weighted by atomic mass is 9.90. The van der Waals surface area contributed by atoms with Crippen molar-refractivity contribution in [2.24, 2.45) is 0 Å². The van der Waals surface area contributed by atoms with Gasteiger partial charge in [-0.3, -0.25) is 4.90 Å². The number of phenolic OH excluding ortho intramolecular Hbond substituents is 1. The molecule has 1 aliphatic heterocycles. The van der Waals surface area contributed by atoms with Gasteiger partial charge in [0.25, 0.3) is 0 Å². The molecule has 3 heteroatoms. The summed E-state index contributed by atoms with van der Waals surface area (Å²) in [6.07, 6.45) is 3.63. The number of rotatable bonds is 6. The monoisotopic (exact) mass is 425 g/mol. The molecular formula is C29H31NO2. The molecule has 5 rings (SSSR count). The minimum absolute atomic E-state index is 0.312. The Bertz CT molecular complexity index is 1250. The van der Waals surface area contributed by atoms with E-state index >= 15 is 0 Å². The van der Waals surface area contributed by atoms with Gasteiger partial charge in [-0.1, -0.05) is 37.3 Å². The molecule has 0 spiro atoms. The highest BCUT2D eigenvalue weighted by Crippen LogP contribution is 2.38. The van der Waals surface area contributed by atoms with E-state index in [1.807, 2.05) is 12.1 Å². The third-order valence-electron chi connectivity index (χ3n) is 6.74. The van der Waals surface area contributed by atoms with Gasteiger partial charge in [-0.2, -0.15) is 0 Å². The van der Waals surface area contributed by atoms with Crippen molar-refractivity contribution in [3.8, 4) is 22.6 Å². The van der Waals surface area contributed by atoms with E-state index in [1.165, 1.54) is 53.2 Å². The van der Waals surface area contributed by atoms with Gasteiger partial charge in [0.2, 0.25) is 0 Å². The Morgan fingerprint density at radius 3 is 2.44 bits per heavy atom. The molecule has 164 valence electrons. The molecule has 1 aliphatic rings. The van der Waals surface area contributed by atoms with E-state index in [0.29, 0.717) is 5.75 Å². The normalized spacial score (nSPS) is 14.4. The predicted octanol–water partition coefficient (Wildman–Crippen LogP) is 6.71. The molecule has 1 fully saturated rings. The maximum Gasteiger partial charge on any atom is 0.119 e. The van der Waals surface area contributed by atoms with E-state index in [9.17, 15) is 5.11 Å². The molecule has 4 aromatic rings. The number of likely N-dealkylation sites (tertiary alicyclic amines) is 1. The molecule has 1 saturated heterocycles. The van der Waals surface area contributed by atoms with E-state index in [4.69, 9.17) is 4.74 Å². The second-order valence-electron chi connectivity index (χ2n) is 8.94. The zero-order chi connectivity index (χ0) is 22.1. The lowest BCUT2D eigenvalue weighted by Crippen LogP contribution is -2.25. The number of fused-ring (bicyclic) bond motifs is 3. The third-order valence-corrected chi connectivity index (χ3v) is 6.74. The van der Waals surface area contributed by atoms with Crippen molar-refractivity contribution in [1.29, 1.82) is 0 Å². The van der Waals surface area contributed by atoms with E-state index in [1.54, 1.807) is 0 Å². The van der Waals surface area contributed by atoms with Crippen LogP contribution >= 0.6 is 0 Å². The minimum Gasteiger partial charge on any atom is -0.508 e. The molecule has 0 bridgehead atoms. The number of nitrogens with zero attached hydrogens (tertiary/aromatic N) is 1. The van der Waals surface area contributed by atoms with Crippen LogP contribution in [0.3, 0.4) is 0 Å². The van der Waals surface area contributed by atoms with Gasteiger partial charge in [-0.15, -0.1) is 0 Å². The average molecular weight is 426 g/mol. The van der Waals surface area contributed by atoms with Crippen molar-refractivity contribution in [2.75, 3.05) is 26.2 Å². The zero-order valence-corrected chi connectivity index (χ0v) is 19.0. The molecule has 32 heavy (non-hydrogen) atoms. The number of benzene rings is 4. The van der Waals surface area contributed by atoms with Gasteiger partial charge in [-0.05, 0) is 113 Å². The van der Waals surface area contributed by atoms with Crippen molar-refractivity contribution in [1.82, 2.24) is 4.90 Å². The number of hydrogen-bond acceptors (Lipinski definition) is 3. The van der Waals surface area contributed by atoms with Crippen LogP contribution in [0.2, 0.25) is 0 Å². The Morgan fingerprint density at radius 2 is 1.69 bits per heavy atom. The first kappa shape index (κ1) is 20.8. The molecule has 0 aliphatic carbocycles. The maximum atomic E-state index is 10.2. The van der Waals surface area contributed by atoms with Crippen molar-refractivity contribution in [2.45, 2.75) is 33.1 Å². The molecular weight excluding hydrogens is 394 g/mol. The number of ether oxygens (including phenoxy) is 1. The fourth-order valence-corrected chi connectivity index (χ4v) is 5.03. The molecule has 4 aromatic carbocycles.